The molecule has 3 nitrogen and oxygen atoms in total. The Balaban J connectivity index is 1.11. The fourth-order valence-corrected chi connectivity index (χ4v) is 8.18. The van der Waals surface area contributed by atoms with Crippen molar-refractivity contribution in [2.75, 3.05) is 0 Å². The Bertz CT molecular complexity index is 2920. The van der Waals surface area contributed by atoms with Gasteiger partial charge in [0.2, 0.25) is 0 Å². The number of para-hydroxylation sites is 1. The summed E-state index contributed by atoms with van der Waals surface area (Å²) in [6, 6.07) is 41.4. The van der Waals surface area contributed by atoms with Crippen LogP contribution in [0.5, 0.6) is 0 Å². The van der Waals surface area contributed by atoms with E-state index in [9.17, 15) is 0 Å². The van der Waals surface area contributed by atoms with Crippen LogP contribution in [-0.4, -0.2) is 14.4 Å². The van der Waals surface area contributed by atoms with Gasteiger partial charge in [0.25, 0.3) is 0 Å². The molecule has 1 unspecified atom stereocenters. The zero-order valence-corrected chi connectivity index (χ0v) is 24.8. The maximum atomic E-state index is 5.27. The molecule has 2 aliphatic rings. The van der Waals surface area contributed by atoms with E-state index in [1.54, 1.807) is 0 Å². The lowest BCUT2D eigenvalue weighted by molar-refractivity contribution is 1.09. The second-order valence-corrected chi connectivity index (χ2v) is 12.5. The highest BCUT2D eigenvalue weighted by Crippen LogP contribution is 2.41. The van der Waals surface area contributed by atoms with Crippen LogP contribution in [0.2, 0.25) is 0 Å². The van der Waals surface area contributed by atoms with Crippen LogP contribution >= 0.6 is 0 Å². The first-order valence-corrected chi connectivity index (χ1v) is 15.9. The number of pyridine rings is 2. The minimum Gasteiger partial charge on any atom is -0.292 e. The molecule has 9 aromatic rings. The van der Waals surface area contributed by atoms with Gasteiger partial charge in [0, 0.05) is 27.8 Å². The molecule has 0 fully saturated rings. The summed E-state index contributed by atoms with van der Waals surface area (Å²) in [5, 5.41) is 10.2. The number of hydrogen-bond acceptors (Lipinski definition) is 2. The Morgan fingerprint density at radius 1 is 0.565 bits per heavy atom. The number of nitrogens with zero attached hydrogens (tertiary/aromatic N) is 3. The van der Waals surface area contributed by atoms with E-state index in [-0.39, 0.29) is 0 Å². The van der Waals surface area contributed by atoms with Crippen LogP contribution in [0.3, 0.4) is 0 Å². The lowest BCUT2D eigenvalue weighted by Gasteiger charge is -2.18. The van der Waals surface area contributed by atoms with Gasteiger partial charge in [0.15, 0.2) is 0 Å². The SMILES string of the molecule is C1=CC2C=Cc3c2c(c2cccc4c(-c5cccc(-c6ccc7c(c6)nc6c8ccccc8c8ccccc8n76)n5)ccc3c42)=C1. The Hall–Kier alpha value is -6.06. The summed E-state index contributed by atoms with van der Waals surface area (Å²) in [6.45, 7) is 0. The Morgan fingerprint density at radius 2 is 1.37 bits per heavy atom. The molecule has 212 valence electrons. The van der Waals surface area contributed by atoms with Gasteiger partial charge in [-0.25, -0.2) is 9.97 Å². The molecule has 1 atom stereocenters. The molecule has 0 radical (unpaired) electrons. The van der Waals surface area contributed by atoms with Crippen molar-refractivity contribution in [3.8, 4) is 22.5 Å². The van der Waals surface area contributed by atoms with Crippen molar-refractivity contribution < 1.29 is 0 Å². The number of hydrogen-bond donors (Lipinski definition) is 0. The van der Waals surface area contributed by atoms with Crippen LogP contribution in [0.4, 0.5) is 0 Å². The largest absolute Gasteiger partial charge is 0.292 e. The van der Waals surface area contributed by atoms with Crippen molar-refractivity contribution in [1.29, 1.82) is 0 Å². The molecular weight excluding hydrogens is 558 g/mol. The maximum absolute atomic E-state index is 5.27. The van der Waals surface area contributed by atoms with Crippen molar-refractivity contribution in [3.05, 3.63) is 150 Å². The van der Waals surface area contributed by atoms with Crippen LogP contribution in [0, 0.1) is 0 Å². The number of benzene rings is 6. The van der Waals surface area contributed by atoms with E-state index in [0.29, 0.717) is 5.92 Å². The van der Waals surface area contributed by atoms with E-state index in [1.165, 1.54) is 54.2 Å². The van der Waals surface area contributed by atoms with E-state index in [1.807, 2.05) is 0 Å². The Kier molecular flexibility index (Phi) is 4.63. The zero-order valence-electron chi connectivity index (χ0n) is 24.8. The van der Waals surface area contributed by atoms with Crippen LogP contribution in [-0.2, 0) is 0 Å². The minimum atomic E-state index is 0.374. The number of imidazole rings is 1. The van der Waals surface area contributed by atoms with Gasteiger partial charge < -0.3 is 0 Å². The lowest BCUT2D eigenvalue weighted by Crippen LogP contribution is -2.15. The summed E-state index contributed by atoms with van der Waals surface area (Å²) < 4.78 is 2.30. The molecule has 46 heavy (non-hydrogen) atoms. The Morgan fingerprint density at radius 3 is 2.33 bits per heavy atom. The molecule has 0 amide bonds. The summed E-state index contributed by atoms with van der Waals surface area (Å²) in [5.74, 6) is 0.374. The minimum absolute atomic E-state index is 0.374. The predicted octanol–water partition coefficient (Wildman–Crippen LogP) is 10.0. The van der Waals surface area contributed by atoms with Gasteiger partial charge >= 0.3 is 0 Å². The standard InChI is InChI=1S/C43H25N3/c1-2-11-35-27(9-1)29-10-3-4-17-39(29)46-40-23-19-26(24-38(40)45-43(35)46)36-15-7-16-37(44-36)28-21-22-34-33-20-18-25-8-5-12-31(41(25)33)32-14-6-13-30(28)42(32)34/h1-25H. The Labute approximate surface area is 264 Å². The average molecular weight is 584 g/mol. The quantitative estimate of drug-likeness (QED) is 0.190. The second kappa shape index (κ2) is 8.77. The molecule has 0 saturated carbocycles. The third-order valence-corrected chi connectivity index (χ3v) is 10.2. The first kappa shape index (κ1) is 24.3. The topological polar surface area (TPSA) is 30.2 Å². The molecule has 0 aliphatic heterocycles. The van der Waals surface area contributed by atoms with Crippen LogP contribution in [0.15, 0.2) is 133 Å². The van der Waals surface area contributed by atoms with Crippen molar-refractivity contribution in [1.82, 2.24) is 14.4 Å². The normalized spacial score (nSPS) is 15.2. The van der Waals surface area contributed by atoms with E-state index in [2.05, 4.69) is 150 Å². The van der Waals surface area contributed by atoms with Crippen LogP contribution in [0.1, 0.15) is 17.0 Å². The molecule has 3 heterocycles. The maximum Gasteiger partial charge on any atom is 0.146 e. The van der Waals surface area contributed by atoms with Crippen LogP contribution in [0.25, 0.3) is 94.6 Å². The molecule has 11 rings (SSSR count). The third kappa shape index (κ3) is 3.11. The van der Waals surface area contributed by atoms with E-state index in [0.717, 1.165) is 44.6 Å². The highest BCUT2D eigenvalue weighted by Gasteiger charge is 2.24. The smallest absolute Gasteiger partial charge is 0.146 e. The molecular formula is C43H25N3. The number of rotatable bonds is 2. The van der Waals surface area contributed by atoms with Gasteiger partial charge in [0.05, 0.1) is 27.9 Å². The average Bonchev–Trinajstić information content (AvgIpc) is 3.73. The van der Waals surface area contributed by atoms with Crippen molar-refractivity contribution >= 4 is 72.1 Å². The highest BCUT2D eigenvalue weighted by molar-refractivity contribution is 6.18. The van der Waals surface area contributed by atoms with Gasteiger partial charge in [-0.2, -0.15) is 0 Å². The summed E-state index contributed by atoms with van der Waals surface area (Å²) in [6.07, 6.45) is 11.4. The second-order valence-electron chi connectivity index (χ2n) is 12.5. The van der Waals surface area contributed by atoms with Crippen molar-refractivity contribution in [3.63, 3.8) is 0 Å². The number of fused-ring (bicyclic) bond motifs is 10. The highest BCUT2D eigenvalue weighted by atomic mass is 15.0. The molecule has 0 N–H and O–H groups in total. The molecule has 0 spiro atoms. The molecule has 2 aliphatic carbocycles. The van der Waals surface area contributed by atoms with Crippen LogP contribution < -0.4 is 5.22 Å². The van der Waals surface area contributed by atoms with Gasteiger partial charge in [-0.1, -0.05) is 115 Å². The fraction of sp³-hybridized carbons (Fsp3) is 0.0233. The number of allylic oxidation sites excluding steroid dienone is 3. The summed E-state index contributed by atoms with van der Waals surface area (Å²) >= 11 is 0. The zero-order chi connectivity index (χ0) is 29.9. The van der Waals surface area contributed by atoms with Gasteiger partial charge in [-0.05, 0) is 73.6 Å². The summed E-state index contributed by atoms with van der Waals surface area (Å²) in [4.78, 5) is 10.5. The monoisotopic (exact) mass is 583 g/mol. The van der Waals surface area contributed by atoms with Crippen molar-refractivity contribution in [2.24, 2.45) is 0 Å². The molecule has 3 aromatic heterocycles. The van der Waals surface area contributed by atoms with Gasteiger partial charge in [-0.3, -0.25) is 4.40 Å². The van der Waals surface area contributed by atoms with Gasteiger partial charge in [0.1, 0.15) is 5.65 Å². The molecule has 0 saturated heterocycles. The van der Waals surface area contributed by atoms with E-state index >= 15 is 0 Å². The molecule has 3 heteroatoms. The fourth-order valence-electron chi connectivity index (χ4n) is 8.18. The first-order chi connectivity index (χ1) is 22.8. The van der Waals surface area contributed by atoms with Gasteiger partial charge in [-0.15, -0.1) is 0 Å². The lowest BCUT2D eigenvalue weighted by atomic mass is 9.85. The van der Waals surface area contributed by atoms with E-state index in [4.69, 9.17) is 9.97 Å². The van der Waals surface area contributed by atoms with E-state index < -0.39 is 0 Å². The first-order valence-electron chi connectivity index (χ1n) is 15.9. The predicted molar refractivity (Wildman–Crippen MR) is 192 cm³/mol. The third-order valence-electron chi connectivity index (χ3n) is 10.2. The number of aromatic nitrogens is 3. The van der Waals surface area contributed by atoms with Crippen molar-refractivity contribution in [2.45, 2.75) is 5.92 Å². The molecule has 0 bridgehead atoms. The molecule has 6 aromatic carbocycles. The summed E-state index contributed by atoms with van der Waals surface area (Å²) in [5.41, 5.74) is 11.2. The summed E-state index contributed by atoms with van der Waals surface area (Å²) in [7, 11) is 0.